The number of fused-ring (bicyclic) bond motifs is 1. The summed E-state index contributed by atoms with van der Waals surface area (Å²) in [5, 5.41) is 11.6. The van der Waals surface area contributed by atoms with Crippen LogP contribution in [0, 0.1) is 6.92 Å². The van der Waals surface area contributed by atoms with Crippen LogP contribution in [-0.2, 0) is 11.2 Å². The average Bonchev–Trinajstić information content (AvgIpc) is 3.04. The monoisotopic (exact) mass is 354 g/mol. The number of carbonyl (C=O) groups excluding carboxylic acids is 1. The Labute approximate surface area is 151 Å². The molecule has 0 aliphatic rings. The van der Waals surface area contributed by atoms with Crippen molar-refractivity contribution in [1.82, 2.24) is 19.9 Å². The zero-order valence-corrected chi connectivity index (χ0v) is 15.3. The normalized spacial score (nSPS) is 12.2. The molecule has 0 radical (unpaired) electrons. The Balaban J connectivity index is 1.76. The molecule has 2 aromatic heterocycles. The topological polar surface area (TPSA) is 59.3 Å². The van der Waals surface area contributed by atoms with Crippen molar-refractivity contribution < 1.29 is 4.79 Å². The van der Waals surface area contributed by atoms with E-state index in [2.05, 4.69) is 21.8 Å². The number of hydrogen-bond donors (Lipinski definition) is 1. The quantitative estimate of drug-likeness (QED) is 0.708. The molecule has 3 rings (SSSR count). The van der Waals surface area contributed by atoms with E-state index in [4.69, 9.17) is 0 Å². The van der Waals surface area contributed by atoms with Gasteiger partial charge in [-0.1, -0.05) is 35.9 Å². The van der Waals surface area contributed by atoms with Crippen molar-refractivity contribution in [3.05, 3.63) is 65.6 Å². The number of amides is 1. The molecule has 0 saturated heterocycles. The van der Waals surface area contributed by atoms with Gasteiger partial charge in [0, 0.05) is 6.20 Å². The van der Waals surface area contributed by atoms with E-state index in [0.29, 0.717) is 6.42 Å². The fourth-order valence-electron chi connectivity index (χ4n) is 2.74. The van der Waals surface area contributed by atoms with Gasteiger partial charge in [-0.05, 0) is 43.0 Å². The third kappa shape index (κ3) is 4.39. The van der Waals surface area contributed by atoms with Crippen molar-refractivity contribution >= 4 is 23.3 Å². The summed E-state index contributed by atoms with van der Waals surface area (Å²) >= 11 is 1.76. The Kier molecular flexibility index (Phi) is 5.71. The molecular weight excluding hydrogens is 332 g/mol. The van der Waals surface area contributed by atoms with Crippen LogP contribution in [0.1, 0.15) is 29.4 Å². The van der Waals surface area contributed by atoms with Crippen molar-refractivity contribution in [2.45, 2.75) is 25.8 Å². The van der Waals surface area contributed by atoms with E-state index in [1.165, 1.54) is 5.56 Å². The standard InChI is InChI=1S/C19H22N4OS/c1-14-6-8-15(9-7-14)13-18(24)20-16(10-12-25-2)19-22-21-17-5-3-4-11-23(17)19/h3-9,11,16H,10,12-13H2,1-2H3,(H,20,24). The molecule has 2 heterocycles. The van der Waals surface area contributed by atoms with Gasteiger partial charge in [-0.25, -0.2) is 0 Å². The maximum Gasteiger partial charge on any atom is 0.225 e. The molecule has 5 nitrogen and oxygen atoms in total. The highest BCUT2D eigenvalue weighted by atomic mass is 32.2. The third-order valence-corrected chi connectivity index (χ3v) is 4.73. The van der Waals surface area contributed by atoms with E-state index < -0.39 is 0 Å². The van der Waals surface area contributed by atoms with Gasteiger partial charge in [0.05, 0.1) is 12.5 Å². The minimum atomic E-state index is -0.150. The number of carbonyl (C=O) groups is 1. The summed E-state index contributed by atoms with van der Waals surface area (Å²) in [6.07, 6.45) is 5.18. The molecule has 1 unspecified atom stereocenters. The van der Waals surface area contributed by atoms with Crippen LogP contribution in [0.25, 0.3) is 5.65 Å². The third-order valence-electron chi connectivity index (χ3n) is 4.08. The summed E-state index contributed by atoms with van der Waals surface area (Å²) in [6, 6.07) is 13.7. The first-order valence-corrected chi connectivity index (χ1v) is 9.70. The minimum absolute atomic E-state index is 0.00244. The number of nitrogens with zero attached hydrogens (tertiary/aromatic N) is 3. The number of benzene rings is 1. The summed E-state index contributed by atoms with van der Waals surface area (Å²) in [5.74, 6) is 1.72. The van der Waals surface area contributed by atoms with Crippen LogP contribution in [0.4, 0.5) is 0 Å². The molecule has 1 N–H and O–H groups in total. The Bertz CT molecular complexity index is 844. The SMILES string of the molecule is CSCCC(NC(=O)Cc1ccc(C)cc1)c1nnc2ccccn12. The lowest BCUT2D eigenvalue weighted by Gasteiger charge is -2.17. The molecule has 130 valence electrons. The second-order valence-electron chi connectivity index (χ2n) is 6.05. The highest BCUT2D eigenvalue weighted by Crippen LogP contribution is 2.18. The zero-order valence-electron chi connectivity index (χ0n) is 14.5. The Morgan fingerprint density at radius 1 is 1.20 bits per heavy atom. The van der Waals surface area contributed by atoms with E-state index in [-0.39, 0.29) is 11.9 Å². The van der Waals surface area contributed by atoms with Crippen molar-refractivity contribution in [2.75, 3.05) is 12.0 Å². The summed E-state index contributed by atoms with van der Waals surface area (Å²) in [7, 11) is 0. The molecule has 1 amide bonds. The fraction of sp³-hybridized carbons (Fsp3) is 0.316. The van der Waals surface area contributed by atoms with Crippen LogP contribution in [0.15, 0.2) is 48.7 Å². The van der Waals surface area contributed by atoms with Crippen molar-refractivity contribution in [3.8, 4) is 0 Å². The van der Waals surface area contributed by atoms with Crippen molar-refractivity contribution in [1.29, 1.82) is 0 Å². The Morgan fingerprint density at radius 2 is 2.00 bits per heavy atom. The Morgan fingerprint density at radius 3 is 2.76 bits per heavy atom. The largest absolute Gasteiger partial charge is 0.346 e. The lowest BCUT2D eigenvalue weighted by molar-refractivity contribution is -0.121. The predicted octanol–water partition coefficient (Wildman–Crippen LogP) is 3.19. The van der Waals surface area contributed by atoms with Crippen LogP contribution < -0.4 is 5.32 Å². The lowest BCUT2D eigenvalue weighted by atomic mass is 10.1. The molecule has 6 heteroatoms. The molecule has 3 aromatic rings. The second kappa shape index (κ2) is 8.16. The van der Waals surface area contributed by atoms with Crippen LogP contribution >= 0.6 is 11.8 Å². The summed E-state index contributed by atoms with van der Waals surface area (Å²) in [5.41, 5.74) is 2.99. The van der Waals surface area contributed by atoms with E-state index in [1.54, 1.807) is 11.8 Å². The molecule has 0 saturated carbocycles. The molecule has 25 heavy (non-hydrogen) atoms. The average molecular weight is 354 g/mol. The van der Waals surface area contributed by atoms with Gasteiger partial charge >= 0.3 is 0 Å². The Hall–Kier alpha value is -2.34. The van der Waals surface area contributed by atoms with Gasteiger partial charge in [0.15, 0.2) is 11.5 Å². The van der Waals surface area contributed by atoms with E-state index in [0.717, 1.165) is 29.2 Å². The van der Waals surface area contributed by atoms with Gasteiger partial charge in [0.25, 0.3) is 0 Å². The lowest BCUT2D eigenvalue weighted by Crippen LogP contribution is -2.31. The highest BCUT2D eigenvalue weighted by Gasteiger charge is 2.20. The first kappa shape index (κ1) is 17.5. The first-order valence-electron chi connectivity index (χ1n) is 8.31. The van der Waals surface area contributed by atoms with E-state index in [9.17, 15) is 4.79 Å². The van der Waals surface area contributed by atoms with E-state index >= 15 is 0 Å². The molecule has 0 spiro atoms. The van der Waals surface area contributed by atoms with Crippen molar-refractivity contribution in [3.63, 3.8) is 0 Å². The summed E-state index contributed by atoms with van der Waals surface area (Å²) in [4.78, 5) is 12.5. The van der Waals surface area contributed by atoms with Gasteiger partial charge in [0.2, 0.25) is 5.91 Å². The number of rotatable bonds is 7. The van der Waals surface area contributed by atoms with Gasteiger partial charge in [-0.2, -0.15) is 11.8 Å². The maximum atomic E-state index is 12.5. The number of aromatic nitrogens is 3. The molecule has 1 atom stereocenters. The molecular formula is C19H22N4OS. The van der Waals surface area contributed by atoms with Crippen LogP contribution in [0.5, 0.6) is 0 Å². The summed E-state index contributed by atoms with van der Waals surface area (Å²) in [6.45, 7) is 2.04. The van der Waals surface area contributed by atoms with Crippen LogP contribution in [0.2, 0.25) is 0 Å². The van der Waals surface area contributed by atoms with Crippen LogP contribution in [0.3, 0.4) is 0 Å². The first-order chi connectivity index (χ1) is 12.2. The number of nitrogens with one attached hydrogen (secondary N) is 1. The number of thioether (sulfide) groups is 1. The zero-order chi connectivity index (χ0) is 17.6. The maximum absolute atomic E-state index is 12.5. The predicted molar refractivity (Wildman–Crippen MR) is 102 cm³/mol. The minimum Gasteiger partial charge on any atom is -0.346 e. The molecule has 0 aliphatic heterocycles. The molecule has 0 bridgehead atoms. The number of pyridine rings is 1. The number of aryl methyl sites for hydroxylation is 1. The van der Waals surface area contributed by atoms with Gasteiger partial charge in [-0.3, -0.25) is 9.20 Å². The molecule has 0 aliphatic carbocycles. The van der Waals surface area contributed by atoms with Crippen molar-refractivity contribution in [2.24, 2.45) is 0 Å². The van der Waals surface area contributed by atoms with Gasteiger partial charge in [0.1, 0.15) is 0 Å². The second-order valence-corrected chi connectivity index (χ2v) is 7.04. The smallest absolute Gasteiger partial charge is 0.225 e. The van der Waals surface area contributed by atoms with Gasteiger partial charge < -0.3 is 5.32 Å². The van der Waals surface area contributed by atoms with Gasteiger partial charge in [-0.15, -0.1) is 10.2 Å². The molecule has 1 aromatic carbocycles. The highest BCUT2D eigenvalue weighted by molar-refractivity contribution is 7.98. The number of hydrogen-bond acceptors (Lipinski definition) is 4. The molecule has 0 fully saturated rings. The van der Waals surface area contributed by atoms with Crippen LogP contribution in [-0.4, -0.2) is 32.5 Å². The van der Waals surface area contributed by atoms with E-state index in [1.807, 2.05) is 60.0 Å². The fourth-order valence-corrected chi connectivity index (χ4v) is 3.21. The summed E-state index contributed by atoms with van der Waals surface area (Å²) < 4.78 is 1.94.